The lowest BCUT2D eigenvalue weighted by Gasteiger charge is -2.07. The summed E-state index contributed by atoms with van der Waals surface area (Å²) in [4.78, 5) is -0.248. The van der Waals surface area contributed by atoms with Gasteiger partial charge in [-0.2, -0.15) is 0 Å². The molecule has 2 aromatic carbocycles. The molecule has 21 heavy (non-hydrogen) atoms. The summed E-state index contributed by atoms with van der Waals surface area (Å²) < 4.78 is 48.6. The minimum absolute atomic E-state index is 0.0359. The van der Waals surface area contributed by atoms with E-state index in [9.17, 15) is 21.9 Å². The van der Waals surface area contributed by atoms with Gasteiger partial charge in [-0.3, -0.25) is 0 Å². The molecule has 0 radical (unpaired) electrons. The van der Waals surface area contributed by atoms with Crippen LogP contribution in [-0.2, 0) is 19.7 Å². The van der Waals surface area contributed by atoms with Crippen LogP contribution < -0.4 is 0 Å². The zero-order valence-corrected chi connectivity index (χ0v) is 12.9. The van der Waals surface area contributed by atoms with Gasteiger partial charge in [0, 0.05) is 0 Å². The van der Waals surface area contributed by atoms with Gasteiger partial charge in [0.25, 0.3) is 0 Å². The Bertz CT molecular complexity index is 868. The summed E-state index contributed by atoms with van der Waals surface area (Å²) in [6.45, 7) is 1.49. The third kappa shape index (κ3) is 3.08. The summed E-state index contributed by atoms with van der Waals surface area (Å²) >= 11 is 0. The Morgan fingerprint density at radius 2 is 1.38 bits per heavy atom. The number of phenolic OH excluding ortho intramolecular Hbond substituents is 1. The van der Waals surface area contributed by atoms with Crippen LogP contribution in [0.15, 0.2) is 63.2 Å². The standard InChI is InChI=1S/C14H14O5S2/c1-2-20(16,17)12-6-4-8-14(10-12)21(18,19)13-7-3-5-11(15)9-13/h3-10,15H,2H2,1H3. The minimum Gasteiger partial charge on any atom is -0.508 e. The minimum atomic E-state index is -3.88. The molecule has 1 N–H and O–H groups in total. The molecule has 0 unspecified atom stereocenters. The number of hydrogen-bond donors (Lipinski definition) is 1. The van der Waals surface area contributed by atoms with Crippen molar-refractivity contribution in [2.45, 2.75) is 21.6 Å². The molecule has 0 aliphatic rings. The predicted octanol–water partition coefficient (Wildman–Crippen LogP) is 2.02. The maximum Gasteiger partial charge on any atom is 0.206 e. The Morgan fingerprint density at radius 3 is 1.95 bits per heavy atom. The van der Waals surface area contributed by atoms with Crippen molar-refractivity contribution in [3.63, 3.8) is 0 Å². The van der Waals surface area contributed by atoms with E-state index in [-0.39, 0.29) is 26.2 Å². The highest BCUT2D eigenvalue weighted by Crippen LogP contribution is 2.25. The van der Waals surface area contributed by atoms with Crippen molar-refractivity contribution in [1.82, 2.24) is 0 Å². The molecule has 0 aliphatic carbocycles. The molecule has 0 spiro atoms. The first-order valence-electron chi connectivity index (χ1n) is 6.14. The molecule has 2 aromatic rings. The fraction of sp³-hybridized carbons (Fsp3) is 0.143. The van der Waals surface area contributed by atoms with Crippen LogP contribution in [0.1, 0.15) is 6.92 Å². The Kier molecular flexibility index (Phi) is 4.06. The SMILES string of the molecule is CCS(=O)(=O)c1cccc(S(=O)(=O)c2cccc(O)c2)c1. The fourth-order valence-electron chi connectivity index (χ4n) is 1.79. The van der Waals surface area contributed by atoms with Crippen molar-refractivity contribution >= 4 is 19.7 Å². The van der Waals surface area contributed by atoms with E-state index in [1.165, 1.54) is 43.3 Å². The molecule has 5 nitrogen and oxygen atoms in total. The molecule has 0 heterocycles. The van der Waals surface area contributed by atoms with Crippen LogP contribution in [0, 0.1) is 0 Å². The lowest BCUT2D eigenvalue weighted by atomic mass is 10.3. The predicted molar refractivity (Wildman–Crippen MR) is 77.7 cm³/mol. The lowest BCUT2D eigenvalue weighted by Crippen LogP contribution is -2.07. The highest BCUT2D eigenvalue weighted by molar-refractivity contribution is 7.92. The Morgan fingerprint density at radius 1 is 0.857 bits per heavy atom. The highest BCUT2D eigenvalue weighted by atomic mass is 32.2. The topological polar surface area (TPSA) is 88.5 Å². The molecule has 0 atom stereocenters. The van der Waals surface area contributed by atoms with E-state index in [2.05, 4.69) is 0 Å². The maximum absolute atomic E-state index is 12.4. The highest BCUT2D eigenvalue weighted by Gasteiger charge is 2.21. The molecule has 0 saturated heterocycles. The molecule has 0 bridgehead atoms. The molecular weight excluding hydrogens is 312 g/mol. The van der Waals surface area contributed by atoms with Gasteiger partial charge in [-0.05, 0) is 36.4 Å². The van der Waals surface area contributed by atoms with Crippen LogP contribution >= 0.6 is 0 Å². The van der Waals surface area contributed by atoms with Crippen LogP contribution in [0.25, 0.3) is 0 Å². The van der Waals surface area contributed by atoms with Gasteiger partial charge in [0.05, 0.1) is 20.4 Å². The molecule has 0 aliphatic heterocycles. The maximum atomic E-state index is 12.4. The van der Waals surface area contributed by atoms with Crippen molar-refractivity contribution in [1.29, 1.82) is 0 Å². The number of phenols is 1. The van der Waals surface area contributed by atoms with Gasteiger partial charge in [-0.15, -0.1) is 0 Å². The van der Waals surface area contributed by atoms with E-state index >= 15 is 0 Å². The van der Waals surface area contributed by atoms with Gasteiger partial charge in [0.2, 0.25) is 9.84 Å². The first kappa shape index (κ1) is 15.5. The summed E-state index contributed by atoms with van der Waals surface area (Å²) in [5.74, 6) is -0.281. The summed E-state index contributed by atoms with van der Waals surface area (Å²) in [5.41, 5.74) is 0. The normalized spacial score (nSPS) is 12.2. The van der Waals surface area contributed by atoms with Gasteiger partial charge in [0.1, 0.15) is 5.75 Å². The van der Waals surface area contributed by atoms with Crippen LogP contribution in [0.5, 0.6) is 5.75 Å². The summed E-state index contributed by atoms with van der Waals surface area (Å²) in [5, 5.41) is 9.38. The second-order valence-electron chi connectivity index (χ2n) is 4.38. The molecular formula is C14H14O5S2. The van der Waals surface area contributed by atoms with E-state index in [1.54, 1.807) is 0 Å². The van der Waals surface area contributed by atoms with E-state index in [4.69, 9.17) is 0 Å². The Labute approximate surface area is 123 Å². The molecule has 0 fully saturated rings. The molecule has 7 heteroatoms. The summed E-state index contributed by atoms with van der Waals surface area (Å²) in [7, 11) is -7.36. The van der Waals surface area contributed by atoms with Crippen molar-refractivity contribution in [3.05, 3.63) is 48.5 Å². The average molecular weight is 326 g/mol. The van der Waals surface area contributed by atoms with Gasteiger partial charge < -0.3 is 5.11 Å². The summed E-state index contributed by atoms with van der Waals surface area (Å²) in [6, 6.07) is 10.4. The molecule has 112 valence electrons. The average Bonchev–Trinajstić information content (AvgIpc) is 2.47. The van der Waals surface area contributed by atoms with Crippen LogP contribution in [-0.4, -0.2) is 27.7 Å². The summed E-state index contributed by atoms with van der Waals surface area (Å²) in [6.07, 6.45) is 0. The number of benzene rings is 2. The number of hydrogen-bond acceptors (Lipinski definition) is 5. The molecule has 0 aromatic heterocycles. The quantitative estimate of drug-likeness (QED) is 0.928. The van der Waals surface area contributed by atoms with Crippen LogP contribution in [0.2, 0.25) is 0 Å². The molecule has 0 saturated carbocycles. The second-order valence-corrected chi connectivity index (χ2v) is 8.61. The zero-order valence-electron chi connectivity index (χ0n) is 11.2. The van der Waals surface area contributed by atoms with E-state index in [0.717, 1.165) is 12.1 Å². The van der Waals surface area contributed by atoms with Gasteiger partial charge in [-0.1, -0.05) is 19.1 Å². The number of rotatable bonds is 4. The number of sulfone groups is 2. The monoisotopic (exact) mass is 326 g/mol. The van der Waals surface area contributed by atoms with Gasteiger partial charge >= 0.3 is 0 Å². The fourth-order valence-corrected chi connectivity index (χ4v) is 4.13. The van der Waals surface area contributed by atoms with Gasteiger partial charge in [-0.25, -0.2) is 16.8 Å². The largest absolute Gasteiger partial charge is 0.508 e. The van der Waals surface area contributed by atoms with Crippen molar-refractivity contribution in [2.24, 2.45) is 0 Å². The van der Waals surface area contributed by atoms with Crippen LogP contribution in [0.4, 0.5) is 0 Å². The first-order valence-corrected chi connectivity index (χ1v) is 9.28. The molecule has 2 rings (SSSR count). The van der Waals surface area contributed by atoms with E-state index in [1.807, 2.05) is 0 Å². The second kappa shape index (κ2) is 5.50. The Balaban J connectivity index is 2.59. The van der Waals surface area contributed by atoms with E-state index in [0.29, 0.717) is 0 Å². The van der Waals surface area contributed by atoms with Crippen molar-refractivity contribution < 1.29 is 21.9 Å². The van der Waals surface area contributed by atoms with Gasteiger partial charge in [0.15, 0.2) is 9.84 Å². The third-order valence-corrected chi connectivity index (χ3v) is 6.46. The third-order valence-electron chi connectivity index (χ3n) is 2.98. The van der Waals surface area contributed by atoms with Crippen molar-refractivity contribution in [2.75, 3.05) is 5.75 Å². The van der Waals surface area contributed by atoms with Crippen molar-refractivity contribution in [3.8, 4) is 5.75 Å². The van der Waals surface area contributed by atoms with Crippen LogP contribution in [0.3, 0.4) is 0 Å². The smallest absolute Gasteiger partial charge is 0.206 e. The lowest BCUT2D eigenvalue weighted by molar-refractivity contribution is 0.473. The Hall–Kier alpha value is -1.86. The van der Waals surface area contributed by atoms with E-state index < -0.39 is 19.7 Å². The zero-order chi connectivity index (χ0) is 15.7. The molecule has 0 amide bonds. The number of aromatic hydroxyl groups is 1. The first-order chi connectivity index (χ1) is 9.77.